The van der Waals surface area contributed by atoms with Crippen LogP contribution in [0.5, 0.6) is 11.5 Å². The number of halogens is 1. The molecule has 0 aliphatic rings. The molecule has 0 heterocycles. The number of rotatable bonds is 9. The second kappa shape index (κ2) is 10.9. The molecule has 5 nitrogen and oxygen atoms in total. The minimum atomic E-state index is 0.454. The van der Waals surface area contributed by atoms with E-state index in [-0.39, 0.29) is 0 Å². The predicted molar refractivity (Wildman–Crippen MR) is 110 cm³/mol. The molecule has 4 N–H and O–H groups in total. The van der Waals surface area contributed by atoms with Gasteiger partial charge in [0.1, 0.15) is 6.61 Å². The van der Waals surface area contributed by atoms with E-state index in [0.29, 0.717) is 36.3 Å². The molecule has 2 aromatic carbocycles. The van der Waals surface area contributed by atoms with Crippen molar-refractivity contribution in [3.63, 3.8) is 0 Å². The van der Waals surface area contributed by atoms with Gasteiger partial charge in [0.2, 0.25) is 0 Å². The lowest BCUT2D eigenvalue weighted by atomic mass is 10.1. The number of methoxy groups -OCH3 is 1. The molecule has 2 rings (SSSR count). The predicted octanol–water partition coefficient (Wildman–Crippen LogP) is 2.89. The molecule has 0 fully saturated rings. The molecular weight excluding hydrogens is 370 g/mol. The zero-order valence-corrected chi connectivity index (χ0v) is 16.3. The summed E-state index contributed by atoms with van der Waals surface area (Å²) in [5.41, 5.74) is 7.72. The van der Waals surface area contributed by atoms with Crippen LogP contribution < -0.4 is 25.8 Å². The second-order valence-corrected chi connectivity index (χ2v) is 6.45. The summed E-state index contributed by atoms with van der Waals surface area (Å²) in [6.07, 6.45) is 0.875. The van der Waals surface area contributed by atoms with E-state index in [9.17, 15) is 0 Å². The maximum atomic E-state index is 5.88. The highest BCUT2D eigenvalue weighted by Gasteiger charge is 2.06. The van der Waals surface area contributed by atoms with E-state index >= 15 is 0 Å². The van der Waals surface area contributed by atoms with Gasteiger partial charge in [-0.15, -0.1) is 0 Å². The van der Waals surface area contributed by atoms with Gasteiger partial charge in [-0.25, -0.2) is 0 Å². The molecule has 7 heteroatoms. The molecule has 2 aromatic rings. The van der Waals surface area contributed by atoms with Crippen LogP contribution in [0, 0.1) is 0 Å². The Kier molecular flexibility index (Phi) is 8.47. The number of hydrogen-bond donors (Lipinski definition) is 3. The molecular formula is C19H24ClN3O2S. The van der Waals surface area contributed by atoms with Crippen molar-refractivity contribution in [2.75, 3.05) is 26.8 Å². The molecule has 0 aliphatic carbocycles. The first kappa shape index (κ1) is 20.3. The summed E-state index contributed by atoms with van der Waals surface area (Å²) in [5.74, 6) is 1.37. The third-order valence-electron chi connectivity index (χ3n) is 3.67. The highest BCUT2D eigenvalue weighted by atomic mass is 35.5. The molecule has 0 spiro atoms. The Labute approximate surface area is 164 Å². The second-order valence-electron chi connectivity index (χ2n) is 5.61. The van der Waals surface area contributed by atoms with Crippen molar-refractivity contribution in [3.05, 3.63) is 58.6 Å². The molecule has 0 saturated carbocycles. The fraction of sp³-hybridized carbons (Fsp3) is 0.316. The van der Waals surface area contributed by atoms with E-state index in [0.717, 1.165) is 23.6 Å². The van der Waals surface area contributed by atoms with Gasteiger partial charge >= 0.3 is 0 Å². The first-order valence-electron chi connectivity index (χ1n) is 8.38. The third kappa shape index (κ3) is 6.71. The van der Waals surface area contributed by atoms with Crippen molar-refractivity contribution in [1.82, 2.24) is 10.6 Å². The van der Waals surface area contributed by atoms with Crippen LogP contribution in [0.3, 0.4) is 0 Å². The Balaban J connectivity index is 1.76. The van der Waals surface area contributed by atoms with Crippen molar-refractivity contribution in [3.8, 4) is 11.5 Å². The molecule has 0 aromatic heterocycles. The van der Waals surface area contributed by atoms with Crippen molar-refractivity contribution in [2.24, 2.45) is 5.73 Å². The monoisotopic (exact) mass is 393 g/mol. The first-order chi connectivity index (χ1) is 12.6. The number of benzene rings is 2. The van der Waals surface area contributed by atoms with Gasteiger partial charge in [0, 0.05) is 24.7 Å². The summed E-state index contributed by atoms with van der Waals surface area (Å²) in [7, 11) is 1.62. The average Bonchev–Trinajstić information content (AvgIpc) is 2.66. The molecule has 0 saturated heterocycles. The summed E-state index contributed by atoms with van der Waals surface area (Å²) >= 11 is 11.2. The highest BCUT2D eigenvalue weighted by Crippen LogP contribution is 2.27. The summed E-state index contributed by atoms with van der Waals surface area (Å²) in [4.78, 5) is 0. The standard InChI is InChI=1S/C19H24ClN3O2S/c1-24-18-12-15(4-7-17(18)25-11-9-21)13-23-19(26)22-10-8-14-2-5-16(20)6-3-14/h2-7,12H,8-11,13,21H2,1H3,(H2,22,23,26). The Hall–Kier alpha value is -2.02. The number of ether oxygens (including phenoxy) is 2. The van der Waals surface area contributed by atoms with Gasteiger partial charge in [0.15, 0.2) is 16.6 Å². The lowest BCUT2D eigenvalue weighted by Crippen LogP contribution is -2.35. The van der Waals surface area contributed by atoms with Crippen LogP contribution in [0.4, 0.5) is 0 Å². The zero-order chi connectivity index (χ0) is 18.8. The van der Waals surface area contributed by atoms with Gasteiger partial charge < -0.3 is 25.8 Å². The maximum absolute atomic E-state index is 5.88. The van der Waals surface area contributed by atoms with Crippen LogP contribution in [0.15, 0.2) is 42.5 Å². The number of nitrogens with one attached hydrogen (secondary N) is 2. The number of nitrogens with two attached hydrogens (primary N) is 1. The van der Waals surface area contributed by atoms with Crippen molar-refractivity contribution in [1.29, 1.82) is 0 Å². The van der Waals surface area contributed by atoms with Gasteiger partial charge in [-0.05, 0) is 54.0 Å². The Morgan fingerprint density at radius 3 is 2.50 bits per heavy atom. The fourth-order valence-corrected chi connectivity index (χ4v) is 2.63. The molecule has 0 bridgehead atoms. The van der Waals surface area contributed by atoms with Crippen LogP contribution in [0.1, 0.15) is 11.1 Å². The SMILES string of the molecule is COc1cc(CNC(=S)NCCc2ccc(Cl)cc2)ccc1OCCN. The Morgan fingerprint density at radius 1 is 1.08 bits per heavy atom. The van der Waals surface area contributed by atoms with Crippen molar-refractivity contribution >= 4 is 28.9 Å². The lowest BCUT2D eigenvalue weighted by Gasteiger charge is -2.13. The smallest absolute Gasteiger partial charge is 0.166 e. The van der Waals surface area contributed by atoms with Crippen LogP contribution in [-0.4, -0.2) is 31.9 Å². The fourth-order valence-electron chi connectivity index (χ4n) is 2.33. The van der Waals surface area contributed by atoms with Crippen molar-refractivity contribution < 1.29 is 9.47 Å². The third-order valence-corrected chi connectivity index (χ3v) is 4.21. The van der Waals surface area contributed by atoms with E-state index in [4.69, 9.17) is 39.0 Å². The summed E-state index contributed by atoms with van der Waals surface area (Å²) in [5, 5.41) is 7.75. The Bertz CT molecular complexity index is 710. The summed E-state index contributed by atoms with van der Waals surface area (Å²) in [6.45, 7) is 2.26. The molecule has 140 valence electrons. The highest BCUT2D eigenvalue weighted by molar-refractivity contribution is 7.80. The van der Waals surface area contributed by atoms with Crippen LogP contribution in [0.2, 0.25) is 5.02 Å². The van der Waals surface area contributed by atoms with Gasteiger partial charge in [-0.1, -0.05) is 29.8 Å². The van der Waals surface area contributed by atoms with Gasteiger partial charge in [-0.3, -0.25) is 0 Å². The summed E-state index contributed by atoms with van der Waals surface area (Å²) in [6, 6.07) is 13.6. The number of hydrogen-bond acceptors (Lipinski definition) is 4. The van der Waals surface area contributed by atoms with Crippen LogP contribution in [0.25, 0.3) is 0 Å². The number of thiocarbonyl (C=S) groups is 1. The van der Waals surface area contributed by atoms with Gasteiger partial charge in [0.25, 0.3) is 0 Å². The molecule has 0 amide bonds. The van der Waals surface area contributed by atoms with Crippen molar-refractivity contribution in [2.45, 2.75) is 13.0 Å². The van der Waals surface area contributed by atoms with E-state index in [1.165, 1.54) is 5.56 Å². The molecule has 26 heavy (non-hydrogen) atoms. The quantitative estimate of drug-likeness (QED) is 0.569. The minimum Gasteiger partial charge on any atom is -0.493 e. The lowest BCUT2D eigenvalue weighted by molar-refractivity contribution is 0.302. The molecule has 0 aliphatic heterocycles. The van der Waals surface area contributed by atoms with E-state index in [1.807, 2.05) is 42.5 Å². The zero-order valence-electron chi connectivity index (χ0n) is 14.8. The topological polar surface area (TPSA) is 68.5 Å². The van der Waals surface area contributed by atoms with E-state index in [1.54, 1.807) is 7.11 Å². The van der Waals surface area contributed by atoms with Crippen LogP contribution in [-0.2, 0) is 13.0 Å². The maximum Gasteiger partial charge on any atom is 0.166 e. The van der Waals surface area contributed by atoms with E-state index in [2.05, 4.69) is 10.6 Å². The minimum absolute atomic E-state index is 0.454. The molecule has 0 radical (unpaired) electrons. The molecule has 0 unspecified atom stereocenters. The van der Waals surface area contributed by atoms with Gasteiger partial charge in [0.05, 0.1) is 7.11 Å². The van der Waals surface area contributed by atoms with Gasteiger partial charge in [-0.2, -0.15) is 0 Å². The first-order valence-corrected chi connectivity index (χ1v) is 9.17. The summed E-state index contributed by atoms with van der Waals surface area (Å²) < 4.78 is 10.9. The van der Waals surface area contributed by atoms with E-state index < -0.39 is 0 Å². The normalized spacial score (nSPS) is 10.3. The average molecular weight is 394 g/mol. The Morgan fingerprint density at radius 2 is 1.81 bits per heavy atom. The largest absolute Gasteiger partial charge is 0.493 e. The molecule has 0 atom stereocenters. The van der Waals surface area contributed by atoms with Crippen LogP contribution >= 0.6 is 23.8 Å².